The topological polar surface area (TPSA) is 206 Å². The van der Waals surface area contributed by atoms with Crippen LogP contribution >= 0.6 is 19.2 Å². The maximum Gasteiger partial charge on any atom is 0.345 e. The van der Waals surface area contributed by atoms with Crippen LogP contribution in [0.5, 0.6) is 0 Å². The minimum atomic E-state index is -5.11. The number of hydrogen-bond donors (Lipinski definition) is 5. The van der Waals surface area contributed by atoms with Gasteiger partial charge in [0.05, 0.1) is 30.0 Å². The van der Waals surface area contributed by atoms with Gasteiger partial charge < -0.3 is 34.8 Å². The summed E-state index contributed by atoms with van der Waals surface area (Å²) in [5.74, 6) is -0.585. The maximum absolute atomic E-state index is 12.8. The number of aliphatic hydroxyl groups is 2. The number of ether oxygens (including phenoxy) is 2. The highest BCUT2D eigenvalue weighted by molar-refractivity contribution is 7.98. The monoisotopic (exact) mass is 603 g/mol. The third kappa shape index (κ3) is 5.43. The highest BCUT2D eigenvalue weighted by Gasteiger charge is 2.50. The molecule has 0 radical (unpaired) electrons. The number of fused-ring (bicyclic) bond motifs is 2. The Morgan fingerprint density at radius 3 is 2.72 bits per heavy atom. The minimum Gasteiger partial charge on any atom is -0.387 e. The number of sulfone groups is 1. The average Bonchev–Trinajstić information content (AvgIpc) is 3.54. The van der Waals surface area contributed by atoms with Gasteiger partial charge in [0.1, 0.15) is 24.1 Å². The summed E-state index contributed by atoms with van der Waals surface area (Å²) in [4.78, 5) is 25.4. The molecule has 2 unspecified atom stereocenters. The summed E-state index contributed by atoms with van der Waals surface area (Å²) in [5.41, 5.74) is 2.53. The van der Waals surface area contributed by atoms with Crippen LogP contribution in [0.4, 0.5) is 5.82 Å². The van der Waals surface area contributed by atoms with Gasteiger partial charge in [-0.15, -0.1) is 0 Å². The standard InChI is InChI=1S/C22H27ClN5O9PS/c1-36-9-16(38(31,32)33)39(34,35)10-15-17(29)18(30)21(37-15)28-20-13(8-24-28)19(26-22(23)27-20)25-14-7-6-11-4-2-3-5-12(11)14/h2-5,8,14-18,21,29-30H,6-7,9-10H2,1H3,(H,25,26,27)(H2,31,32,33)/t14?,15-,16?,17-,18-,21-/m1/s1. The number of aliphatic hydroxyl groups excluding tert-OH is 2. The Morgan fingerprint density at radius 2 is 2.00 bits per heavy atom. The number of hydrogen-bond acceptors (Lipinski definition) is 11. The van der Waals surface area contributed by atoms with Crippen molar-refractivity contribution in [1.29, 1.82) is 0 Å². The lowest BCUT2D eigenvalue weighted by Crippen LogP contribution is -2.39. The van der Waals surface area contributed by atoms with Gasteiger partial charge in [-0.25, -0.2) is 13.1 Å². The van der Waals surface area contributed by atoms with Gasteiger partial charge in [0.25, 0.3) is 0 Å². The molecule has 39 heavy (non-hydrogen) atoms. The summed E-state index contributed by atoms with van der Waals surface area (Å²) in [5, 5.41) is 29.3. The number of benzene rings is 1. The van der Waals surface area contributed by atoms with Crippen LogP contribution in [-0.4, -0.2) is 90.9 Å². The van der Waals surface area contributed by atoms with E-state index in [0.29, 0.717) is 11.2 Å². The molecule has 0 bridgehead atoms. The number of rotatable bonds is 9. The van der Waals surface area contributed by atoms with E-state index in [0.717, 1.165) is 30.2 Å². The maximum atomic E-state index is 12.8. The molecule has 5 rings (SSSR count). The van der Waals surface area contributed by atoms with E-state index in [-0.39, 0.29) is 17.0 Å². The van der Waals surface area contributed by atoms with Gasteiger partial charge in [-0.3, -0.25) is 4.57 Å². The van der Waals surface area contributed by atoms with Crippen molar-refractivity contribution in [3.8, 4) is 0 Å². The van der Waals surface area contributed by atoms with Gasteiger partial charge in [-0.05, 0) is 35.6 Å². The zero-order chi connectivity index (χ0) is 28.1. The van der Waals surface area contributed by atoms with E-state index in [1.165, 1.54) is 11.8 Å². The lowest BCUT2D eigenvalue weighted by molar-refractivity contribution is -0.0365. The molecule has 5 N–H and O–H groups in total. The normalized spacial score (nSPS) is 26.2. The highest BCUT2D eigenvalue weighted by atomic mass is 35.5. The molecule has 14 nitrogen and oxygen atoms in total. The van der Waals surface area contributed by atoms with Crippen molar-refractivity contribution in [3.05, 3.63) is 46.9 Å². The molecule has 1 fully saturated rings. The van der Waals surface area contributed by atoms with E-state index in [1.54, 1.807) is 0 Å². The fourth-order valence-corrected chi connectivity index (χ4v) is 8.77. The van der Waals surface area contributed by atoms with E-state index in [2.05, 4.69) is 31.2 Å². The van der Waals surface area contributed by atoms with Crippen molar-refractivity contribution >= 4 is 45.9 Å². The minimum absolute atomic E-state index is 0.0301. The van der Waals surface area contributed by atoms with Crippen LogP contribution in [0.15, 0.2) is 30.5 Å². The van der Waals surface area contributed by atoms with Crippen molar-refractivity contribution < 1.29 is 42.5 Å². The van der Waals surface area contributed by atoms with Crippen molar-refractivity contribution in [2.75, 3.05) is 24.8 Å². The molecule has 0 amide bonds. The Balaban J connectivity index is 1.42. The van der Waals surface area contributed by atoms with Gasteiger partial charge >= 0.3 is 7.60 Å². The number of anilines is 1. The largest absolute Gasteiger partial charge is 0.387 e. The number of nitrogens with one attached hydrogen (secondary N) is 1. The van der Waals surface area contributed by atoms with Crippen molar-refractivity contribution in [3.63, 3.8) is 0 Å². The van der Waals surface area contributed by atoms with Crippen LogP contribution in [0.2, 0.25) is 5.28 Å². The molecule has 3 heterocycles. The Hall–Kier alpha value is -2.20. The second-order valence-corrected chi connectivity index (χ2v) is 14.2. The summed E-state index contributed by atoms with van der Waals surface area (Å²) in [6.07, 6.45) is -3.09. The van der Waals surface area contributed by atoms with Crippen molar-refractivity contribution in [1.82, 2.24) is 19.7 Å². The fraction of sp³-hybridized carbons (Fsp3) is 0.500. The molecule has 17 heteroatoms. The third-order valence-electron chi connectivity index (χ3n) is 6.94. The number of nitrogens with zero attached hydrogens (tertiary/aromatic N) is 4. The SMILES string of the molecule is COCC(P(=O)(O)O)S(=O)(=O)C[C@H]1O[C@@H](n2ncc3c(NC4CCc5ccccc54)nc(Cl)nc32)[C@H](O)[C@@H]1O. The Labute approximate surface area is 228 Å². The second kappa shape index (κ2) is 10.7. The molecule has 1 aliphatic carbocycles. The molecule has 2 aromatic heterocycles. The highest BCUT2D eigenvalue weighted by Crippen LogP contribution is 2.45. The molecular formula is C22H27ClN5O9PS. The van der Waals surface area contributed by atoms with Gasteiger partial charge in [0.2, 0.25) is 5.28 Å². The molecule has 0 spiro atoms. The summed E-state index contributed by atoms with van der Waals surface area (Å²) >= 11 is 6.21. The molecule has 6 atom stereocenters. The first-order valence-electron chi connectivity index (χ1n) is 11.9. The Bertz CT molecular complexity index is 1530. The molecule has 2 aliphatic rings. The van der Waals surface area contributed by atoms with Gasteiger partial charge in [0.15, 0.2) is 26.7 Å². The van der Waals surface area contributed by atoms with E-state index in [4.69, 9.17) is 16.3 Å². The number of methoxy groups -OCH3 is 1. The summed E-state index contributed by atoms with van der Waals surface area (Å²) in [6.45, 7) is -0.762. The lowest BCUT2D eigenvalue weighted by atomic mass is 10.1. The van der Waals surface area contributed by atoms with E-state index >= 15 is 0 Å². The van der Waals surface area contributed by atoms with Crippen LogP contribution < -0.4 is 5.32 Å². The first-order valence-corrected chi connectivity index (χ1v) is 15.7. The first-order chi connectivity index (χ1) is 18.4. The fourth-order valence-electron chi connectivity index (χ4n) is 5.03. The quantitative estimate of drug-likeness (QED) is 0.169. The van der Waals surface area contributed by atoms with Crippen molar-refractivity contribution in [2.24, 2.45) is 0 Å². The molecule has 1 aromatic carbocycles. The predicted molar refractivity (Wildman–Crippen MR) is 139 cm³/mol. The summed E-state index contributed by atoms with van der Waals surface area (Å²) < 4.78 is 48.9. The van der Waals surface area contributed by atoms with E-state index in [1.807, 2.05) is 18.2 Å². The number of halogens is 1. The summed E-state index contributed by atoms with van der Waals surface area (Å²) in [6, 6.07) is 8.01. The van der Waals surface area contributed by atoms with E-state index in [9.17, 15) is 33.0 Å². The molecule has 1 aliphatic heterocycles. The lowest BCUT2D eigenvalue weighted by Gasteiger charge is -2.21. The third-order valence-corrected chi connectivity index (χ3v) is 11.6. The summed E-state index contributed by atoms with van der Waals surface area (Å²) in [7, 11) is -8.55. The molecule has 0 saturated carbocycles. The Morgan fingerprint density at radius 1 is 1.26 bits per heavy atom. The van der Waals surface area contributed by atoms with Crippen LogP contribution in [0.1, 0.15) is 29.8 Å². The molecule has 3 aromatic rings. The second-order valence-electron chi connectivity index (χ2n) is 9.48. The zero-order valence-electron chi connectivity index (χ0n) is 20.5. The first kappa shape index (κ1) is 28.3. The van der Waals surface area contributed by atoms with Crippen LogP contribution in [0.25, 0.3) is 11.0 Å². The van der Waals surface area contributed by atoms with E-state index < -0.39 is 59.3 Å². The van der Waals surface area contributed by atoms with Gasteiger partial charge in [-0.2, -0.15) is 15.1 Å². The average molecular weight is 604 g/mol. The van der Waals surface area contributed by atoms with Crippen molar-refractivity contribution in [2.45, 2.75) is 48.4 Å². The zero-order valence-corrected chi connectivity index (χ0v) is 23.0. The smallest absolute Gasteiger partial charge is 0.345 e. The van der Waals surface area contributed by atoms with Crippen LogP contribution in [-0.2, 0) is 30.3 Å². The molecular weight excluding hydrogens is 577 g/mol. The molecule has 212 valence electrons. The van der Waals surface area contributed by atoms with Gasteiger partial charge in [0, 0.05) is 7.11 Å². The molecule has 1 saturated heterocycles. The number of aromatic nitrogens is 4. The van der Waals surface area contributed by atoms with Crippen LogP contribution in [0.3, 0.4) is 0 Å². The number of aryl methyl sites for hydroxylation is 1. The predicted octanol–water partition coefficient (Wildman–Crippen LogP) is 0.763. The Kier molecular flexibility index (Phi) is 7.74. The van der Waals surface area contributed by atoms with Gasteiger partial charge in [-0.1, -0.05) is 24.3 Å². The van der Waals surface area contributed by atoms with Crippen LogP contribution in [0, 0.1) is 0 Å².